The molecule has 1 unspecified atom stereocenters. The van der Waals surface area contributed by atoms with E-state index in [1.165, 1.54) is 19.3 Å². The summed E-state index contributed by atoms with van der Waals surface area (Å²) >= 11 is 0. The minimum atomic E-state index is 0.0168. The lowest BCUT2D eigenvalue weighted by Crippen LogP contribution is -2.44. The first-order valence-electron chi connectivity index (χ1n) is 6.65. The zero-order valence-corrected chi connectivity index (χ0v) is 10.9. The van der Waals surface area contributed by atoms with Crippen LogP contribution in [0.3, 0.4) is 0 Å². The van der Waals surface area contributed by atoms with Crippen molar-refractivity contribution in [3.63, 3.8) is 0 Å². The molecule has 0 aliphatic heterocycles. The van der Waals surface area contributed by atoms with Gasteiger partial charge in [-0.15, -0.1) is 0 Å². The van der Waals surface area contributed by atoms with Crippen LogP contribution in [-0.2, 0) is 0 Å². The van der Waals surface area contributed by atoms with Crippen molar-refractivity contribution >= 4 is 6.03 Å². The lowest BCUT2D eigenvalue weighted by atomic mass is 10.0. The summed E-state index contributed by atoms with van der Waals surface area (Å²) in [5, 5.41) is 6.06. The van der Waals surface area contributed by atoms with E-state index >= 15 is 0 Å². The predicted molar refractivity (Wildman–Crippen MR) is 67.5 cm³/mol. The van der Waals surface area contributed by atoms with Gasteiger partial charge >= 0.3 is 6.03 Å². The Bertz CT molecular complexity index is 210. The van der Waals surface area contributed by atoms with Crippen LogP contribution in [0.5, 0.6) is 0 Å². The second-order valence-electron chi connectivity index (χ2n) is 5.47. The summed E-state index contributed by atoms with van der Waals surface area (Å²) in [5.41, 5.74) is 0. The van der Waals surface area contributed by atoms with Crippen LogP contribution in [0, 0.1) is 5.92 Å². The molecule has 1 saturated carbocycles. The molecular formula is C13H26N2O. The first-order valence-corrected chi connectivity index (χ1v) is 6.65. The van der Waals surface area contributed by atoms with E-state index in [0.717, 1.165) is 19.3 Å². The van der Waals surface area contributed by atoms with Gasteiger partial charge in [0.25, 0.3) is 0 Å². The van der Waals surface area contributed by atoms with Gasteiger partial charge in [-0.25, -0.2) is 4.79 Å². The molecule has 0 bridgehead atoms. The van der Waals surface area contributed by atoms with E-state index in [2.05, 4.69) is 31.4 Å². The molecule has 2 N–H and O–H groups in total. The monoisotopic (exact) mass is 226 g/mol. The Kier molecular flexibility index (Phi) is 5.64. The van der Waals surface area contributed by atoms with Crippen LogP contribution in [0.1, 0.15) is 59.3 Å². The molecule has 0 aromatic rings. The molecule has 0 spiro atoms. The maximum absolute atomic E-state index is 11.6. The summed E-state index contributed by atoms with van der Waals surface area (Å²) in [4.78, 5) is 11.6. The minimum absolute atomic E-state index is 0.0168. The Morgan fingerprint density at radius 2 is 1.81 bits per heavy atom. The van der Waals surface area contributed by atoms with Gasteiger partial charge in [-0.05, 0) is 38.5 Å². The van der Waals surface area contributed by atoms with Gasteiger partial charge in [-0.3, -0.25) is 0 Å². The van der Waals surface area contributed by atoms with Gasteiger partial charge in [0.2, 0.25) is 0 Å². The van der Waals surface area contributed by atoms with Crippen molar-refractivity contribution in [1.82, 2.24) is 10.6 Å². The maximum Gasteiger partial charge on any atom is 0.315 e. The minimum Gasteiger partial charge on any atom is -0.336 e. The summed E-state index contributed by atoms with van der Waals surface area (Å²) in [5.74, 6) is 0.710. The highest BCUT2D eigenvalue weighted by Crippen LogP contribution is 2.17. The van der Waals surface area contributed by atoms with Gasteiger partial charge in [0.1, 0.15) is 0 Å². The van der Waals surface area contributed by atoms with Gasteiger partial charge in [0, 0.05) is 12.1 Å². The quantitative estimate of drug-likeness (QED) is 0.743. The molecule has 1 fully saturated rings. The zero-order chi connectivity index (χ0) is 12.0. The zero-order valence-electron chi connectivity index (χ0n) is 10.9. The molecule has 1 aliphatic rings. The molecule has 1 atom stereocenters. The third kappa shape index (κ3) is 5.38. The van der Waals surface area contributed by atoms with E-state index in [-0.39, 0.29) is 12.1 Å². The molecule has 3 nitrogen and oxygen atoms in total. The fourth-order valence-electron chi connectivity index (χ4n) is 2.18. The Morgan fingerprint density at radius 1 is 1.19 bits per heavy atom. The van der Waals surface area contributed by atoms with Crippen LogP contribution >= 0.6 is 0 Å². The maximum atomic E-state index is 11.6. The average Bonchev–Trinajstić information content (AvgIpc) is 2.67. The van der Waals surface area contributed by atoms with Gasteiger partial charge in [0.05, 0.1) is 0 Å². The van der Waals surface area contributed by atoms with Crippen molar-refractivity contribution in [2.45, 2.75) is 71.4 Å². The normalized spacial score (nSPS) is 18.8. The van der Waals surface area contributed by atoms with E-state index in [1.807, 2.05) is 0 Å². The Morgan fingerprint density at radius 3 is 2.38 bits per heavy atom. The number of amides is 2. The Hall–Kier alpha value is -0.730. The number of hydrogen-bond acceptors (Lipinski definition) is 1. The third-order valence-electron chi connectivity index (χ3n) is 3.24. The molecule has 3 heteroatoms. The van der Waals surface area contributed by atoms with E-state index in [1.54, 1.807) is 0 Å². The molecule has 0 heterocycles. The van der Waals surface area contributed by atoms with Crippen molar-refractivity contribution in [1.29, 1.82) is 0 Å². The molecule has 16 heavy (non-hydrogen) atoms. The fourth-order valence-corrected chi connectivity index (χ4v) is 2.18. The molecule has 0 aromatic heterocycles. The largest absolute Gasteiger partial charge is 0.336 e. The highest BCUT2D eigenvalue weighted by Gasteiger charge is 2.17. The van der Waals surface area contributed by atoms with Crippen LogP contribution in [0.25, 0.3) is 0 Å². The fraction of sp³-hybridized carbons (Fsp3) is 0.923. The van der Waals surface area contributed by atoms with Crippen LogP contribution in [0.15, 0.2) is 0 Å². The SMILES string of the molecule is CC(C)CCC(C)NC(=O)NC1CCCC1. The van der Waals surface area contributed by atoms with Gasteiger partial charge in [-0.2, -0.15) is 0 Å². The average molecular weight is 226 g/mol. The van der Waals surface area contributed by atoms with E-state index in [9.17, 15) is 4.79 Å². The highest BCUT2D eigenvalue weighted by atomic mass is 16.2. The number of carbonyl (C=O) groups is 1. The predicted octanol–water partition coefficient (Wildman–Crippen LogP) is 3.05. The molecule has 1 aliphatic carbocycles. The second kappa shape index (κ2) is 6.77. The molecule has 0 saturated heterocycles. The van der Waals surface area contributed by atoms with Gasteiger partial charge in [-0.1, -0.05) is 26.7 Å². The smallest absolute Gasteiger partial charge is 0.315 e. The van der Waals surface area contributed by atoms with Crippen LogP contribution < -0.4 is 10.6 Å². The first-order chi connectivity index (χ1) is 7.58. The van der Waals surface area contributed by atoms with Crippen LogP contribution in [0.4, 0.5) is 4.79 Å². The van der Waals surface area contributed by atoms with Crippen LogP contribution in [0.2, 0.25) is 0 Å². The standard InChI is InChI=1S/C13H26N2O/c1-10(2)8-9-11(3)14-13(16)15-12-6-4-5-7-12/h10-12H,4-9H2,1-3H3,(H2,14,15,16). The molecular weight excluding hydrogens is 200 g/mol. The van der Waals surface area contributed by atoms with Crippen molar-refractivity contribution in [2.24, 2.45) is 5.92 Å². The molecule has 0 radical (unpaired) electrons. The summed E-state index contributed by atoms with van der Waals surface area (Å²) in [7, 11) is 0. The number of urea groups is 1. The molecule has 2 amide bonds. The summed E-state index contributed by atoms with van der Waals surface area (Å²) in [6.45, 7) is 6.51. The number of nitrogens with one attached hydrogen (secondary N) is 2. The number of hydrogen-bond donors (Lipinski definition) is 2. The number of rotatable bonds is 5. The Labute approximate surface area is 99.4 Å². The van der Waals surface area contributed by atoms with E-state index in [0.29, 0.717) is 12.0 Å². The summed E-state index contributed by atoms with van der Waals surface area (Å²) in [6.07, 6.45) is 7.05. The molecule has 1 rings (SSSR count). The van der Waals surface area contributed by atoms with E-state index < -0.39 is 0 Å². The lowest BCUT2D eigenvalue weighted by Gasteiger charge is -2.18. The summed E-state index contributed by atoms with van der Waals surface area (Å²) in [6, 6.07) is 0.712. The van der Waals surface area contributed by atoms with Gasteiger partial charge in [0.15, 0.2) is 0 Å². The second-order valence-corrected chi connectivity index (χ2v) is 5.47. The lowest BCUT2D eigenvalue weighted by molar-refractivity contribution is 0.233. The third-order valence-corrected chi connectivity index (χ3v) is 3.24. The first kappa shape index (κ1) is 13.3. The molecule has 94 valence electrons. The van der Waals surface area contributed by atoms with Crippen molar-refractivity contribution in [2.75, 3.05) is 0 Å². The molecule has 0 aromatic carbocycles. The van der Waals surface area contributed by atoms with Crippen molar-refractivity contribution in [3.8, 4) is 0 Å². The highest BCUT2D eigenvalue weighted by molar-refractivity contribution is 5.74. The Balaban J connectivity index is 2.12. The summed E-state index contributed by atoms with van der Waals surface area (Å²) < 4.78 is 0. The van der Waals surface area contributed by atoms with Gasteiger partial charge < -0.3 is 10.6 Å². The number of carbonyl (C=O) groups excluding carboxylic acids is 1. The van der Waals surface area contributed by atoms with Crippen molar-refractivity contribution in [3.05, 3.63) is 0 Å². The topological polar surface area (TPSA) is 41.1 Å². The van der Waals surface area contributed by atoms with E-state index in [4.69, 9.17) is 0 Å². The van der Waals surface area contributed by atoms with Crippen LogP contribution in [-0.4, -0.2) is 18.1 Å². The van der Waals surface area contributed by atoms with Crippen molar-refractivity contribution < 1.29 is 4.79 Å².